The van der Waals surface area contributed by atoms with Crippen molar-refractivity contribution in [1.82, 2.24) is 5.32 Å². The van der Waals surface area contributed by atoms with Crippen LogP contribution in [0.4, 0.5) is 0 Å². The van der Waals surface area contributed by atoms with Crippen molar-refractivity contribution in [2.24, 2.45) is 5.92 Å². The summed E-state index contributed by atoms with van der Waals surface area (Å²) in [4.78, 5) is 10.9. The van der Waals surface area contributed by atoms with Gasteiger partial charge in [0, 0.05) is 6.20 Å². The maximum Gasteiger partial charge on any atom is 0.179 e. The lowest BCUT2D eigenvalue weighted by molar-refractivity contribution is -0.116. The first-order valence-electron chi connectivity index (χ1n) is 3.18. The van der Waals surface area contributed by atoms with Crippen molar-refractivity contribution in [2.45, 2.75) is 27.3 Å². The minimum atomic E-state index is 0. The molecule has 0 fully saturated rings. The Labute approximate surface area is 62.3 Å². The third-order valence-electron chi connectivity index (χ3n) is 1.50. The average molecular weight is 141 g/mol. The molecule has 1 aliphatic rings. The van der Waals surface area contributed by atoms with E-state index in [0.717, 1.165) is 0 Å². The fourth-order valence-corrected chi connectivity index (χ4v) is 0.941. The summed E-state index contributed by atoms with van der Waals surface area (Å²) < 4.78 is 0. The maximum absolute atomic E-state index is 10.9. The Balaban J connectivity index is 0.000000810. The molecule has 0 aromatic heterocycles. The highest BCUT2D eigenvalue weighted by molar-refractivity contribution is 5.96. The van der Waals surface area contributed by atoms with Gasteiger partial charge < -0.3 is 5.32 Å². The molecule has 0 spiro atoms. The van der Waals surface area contributed by atoms with Gasteiger partial charge in [-0.3, -0.25) is 4.79 Å². The molecule has 0 bridgehead atoms. The van der Waals surface area contributed by atoms with Crippen molar-refractivity contribution < 1.29 is 4.79 Å². The lowest BCUT2D eigenvalue weighted by Gasteiger charge is -2.12. The highest BCUT2D eigenvalue weighted by atomic mass is 16.1. The normalized spacial score (nSPS) is 22.7. The van der Waals surface area contributed by atoms with Crippen molar-refractivity contribution in [1.29, 1.82) is 0 Å². The Morgan fingerprint density at radius 1 is 1.60 bits per heavy atom. The van der Waals surface area contributed by atoms with Gasteiger partial charge in [0.05, 0.1) is 6.04 Å². The smallest absolute Gasteiger partial charge is 0.179 e. The predicted molar refractivity (Wildman–Crippen MR) is 42.6 cm³/mol. The zero-order valence-electron chi connectivity index (χ0n) is 5.72. The van der Waals surface area contributed by atoms with E-state index in [-0.39, 0.29) is 19.3 Å². The van der Waals surface area contributed by atoms with E-state index in [2.05, 4.69) is 5.32 Å². The summed E-state index contributed by atoms with van der Waals surface area (Å²) in [6, 6.07) is 0.0324. The van der Waals surface area contributed by atoms with E-state index < -0.39 is 0 Å². The first-order valence-corrected chi connectivity index (χ1v) is 3.18. The van der Waals surface area contributed by atoms with E-state index in [9.17, 15) is 4.79 Å². The Bertz CT molecular complexity index is 149. The summed E-state index contributed by atoms with van der Waals surface area (Å²) in [5.41, 5.74) is 0. The van der Waals surface area contributed by atoms with Crippen molar-refractivity contribution in [3.05, 3.63) is 12.3 Å². The highest BCUT2D eigenvalue weighted by Crippen LogP contribution is 2.07. The van der Waals surface area contributed by atoms with E-state index in [0.29, 0.717) is 5.92 Å². The fourth-order valence-electron chi connectivity index (χ4n) is 0.941. The summed E-state index contributed by atoms with van der Waals surface area (Å²) >= 11 is 0. The SMILES string of the molecule is C.CC(C)C1NC=CC1=O. The molecule has 1 heterocycles. The second-order valence-electron chi connectivity index (χ2n) is 2.62. The molecule has 58 valence electrons. The number of hydrogen-bond acceptors (Lipinski definition) is 2. The number of rotatable bonds is 1. The van der Waals surface area contributed by atoms with Gasteiger partial charge in [-0.15, -0.1) is 0 Å². The van der Waals surface area contributed by atoms with Crippen LogP contribution in [0.25, 0.3) is 0 Å². The Morgan fingerprint density at radius 2 is 2.20 bits per heavy atom. The molecule has 0 aliphatic carbocycles. The van der Waals surface area contributed by atoms with E-state index in [1.165, 1.54) is 0 Å². The number of hydrogen-bond donors (Lipinski definition) is 1. The monoisotopic (exact) mass is 141 g/mol. The predicted octanol–water partition coefficient (Wildman–Crippen LogP) is 1.33. The van der Waals surface area contributed by atoms with E-state index in [1.54, 1.807) is 12.3 Å². The molecule has 1 rings (SSSR count). The summed E-state index contributed by atoms with van der Waals surface area (Å²) in [7, 11) is 0. The van der Waals surface area contributed by atoms with Crippen molar-refractivity contribution in [3.8, 4) is 0 Å². The van der Waals surface area contributed by atoms with Crippen LogP contribution in [0, 0.1) is 5.92 Å². The van der Waals surface area contributed by atoms with Gasteiger partial charge in [-0.25, -0.2) is 0 Å². The van der Waals surface area contributed by atoms with Crippen molar-refractivity contribution in [2.75, 3.05) is 0 Å². The van der Waals surface area contributed by atoms with Gasteiger partial charge in [-0.05, 0) is 12.0 Å². The first-order chi connectivity index (χ1) is 4.22. The third-order valence-corrected chi connectivity index (χ3v) is 1.50. The van der Waals surface area contributed by atoms with Crippen LogP contribution < -0.4 is 5.32 Å². The zero-order chi connectivity index (χ0) is 6.85. The summed E-state index contributed by atoms with van der Waals surface area (Å²) in [5.74, 6) is 0.595. The van der Waals surface area contributed by atoms with Gasteiger partial charge in [0.15, 0.2) is 5.78 Å². The topological polar surface area (TPSA) is 29.1 Å². The molecule has 2 nitrogen and oxygen atoms in total. The van der Waals surface area contributed by atoms with Crippen LogP contribution >= 0.6 is 0 Å². The van der Waals surface area contributed by atoms with Crippen LogP contribution in [0.5, 0.6) is 0 Å². The minimum Gasteiger partial charge on any atom is -0.381 e. The quantitative estimate of drug-likeness (QED) is 0.597. The van der Waals surface area contributed by atoms with Crippen LogP contribution in [0.3, 0.4) is 0 Å². The molecule has 1 aliphatic heterocycles. The molecular formula is C8H15NO. The zero-order valence-corrected chi connectivity index (χ0v) is 5.72. The van der Waals surface area contributed by atoms with Crippen LogP contribution in [0.15, 0.2) is 12.3 Å². The molecule has 0 aromatic rings. The molecule has 0 radical (unpaired) electrons. The lowest BCUT2D eigenvalue weighted by Crippen LogP contribution is -2.32. The van der Waals surface area contributed by atoms with Gasteiger partial charge in [-0.2, -0.15) is 0 Å². The molecular weight excluding hydrogens is 126 g/mol. The molecule has 1 atom stereocenters. The Kier molecular flexibility index (Phi) is 3.13. The molecule has 2 heteroatoms. The Morgan fingerprint density at radius 3 is 2.40 bits per heavy atom. The molecule has 0 aromatic carbocycles. The lowest BCUT2D eigenvalue weighted by atomic mass is 10.0. The minimum absolute atomic E-state index is 0. The van der Waals surface area contributed by atoms with Crippen LogP contribution in [0.2, 0.25) is 0 Å². The molecule has 0 amide bonds. The van der Waals surface area contributed by atoms with Crippen LogP contribution in [-0.2, 0) is 4.79 Å². The molecule has 1 N–H and O–H groups in total. The molecule has 0 saturated carbocycles. The largest absolute Gasteiger partial charge is 0.381 e. The van der Waals surface area contributed by atoms with Gasteiger partial charge in [0.25, 0.3) is 0 Å². The third kappa shape index (κ3) is 1.59. The second-order valence-corrected chi connectivity index (χ2v) is 2.62. The number of nitrogens with one attached hydrogen (secondary N) is 1. The number of ketones is 1. The second kappa shape index (κ2) is 3.40. The maximum atomic E-state index is 10.9. The highest BCUT2D eigenvalue weighted by Gasteiger charge is 2.21. The van der Waals surface area contributed by atoms with Crippen molar-refractivity contribution in [3.63, 3.8) is 0 Å². The number of carbonyl (C=O) groups is 1. The molecule has 1 unspecified atom stereocenters. The van der Waals surface area contributed by atoms with E-state index in [4.69, 9.17) is 0 Å². The van der Waals surface area contributed by atoms with Gasteiger partial charge in [0.2, 0.25) is 0 Å². The van der Waals surface area contributed by atoms with E-state index in [1.807, 2.05) is 13.8 Å². The molecule has 0 saturated heterocycles. The van der Waals surface area contributed by atoms with Gasteiger partial charge >= 0.3 is 0 Å². The summed E-state index contributed by atoms with van der Waals surface area (Å²) in [6.45, 7) is 4.06. The summed E-state index contributed by atoms with van der Waals surface area (Å²) in [5, 5.41) is 2.98. The van der Waals surface area contributed by atoms with Crippen LogP contribution in [-0.4, -0.2) is 11.8 Å². The van der Waals surface area contributed by atoms with Crippen molar-refractivity contribution >= 4 is 5.78 Å². The van der Waals surface area contributed by atoms with E-state index >= 15 is 0 Å². The standard InChI is InChI=1S/C7H11NO.CH4/c1-5(2)7-6(9)3-4-8-7;/h3-5,7-8H,1-2H3;1H4. The fraction of sp³-hybridized carbons (Fsp3) is 0.625. The summed E-state index contributed by atoms with van der Waals surface area (Å²) in [6.07, 6.45) is 3.30. The first kappa shape index (κ1) is 9.21. The Hall–Kier alpha value is -0.790. The number of carbonyl (C=O) groups excluding carboxylic acids is 1. The van der Waals surface area contributed by atoms with Crippen LogP contribution in [0.1, 0.15) is 21.3 Å². The van der Waals surface area contributed by atoms with Gasteiger partial charge in [0.1, 0.15) is 0 Å². The molecule has 10 heavy (non-hydrogen) atoms. The average Bonchev–Trinajstić information content (AvgIpc) is 2.13. The van der Waals surface area contributed by atoms with Gasteiger partial charge in [-0.1, -0.05) is 21.3 Å².